The summed E-state index contributed by atoms with van der Waals surface area (Å²) in [6.45, 7) is 4.31. The van der Waals surface area contributed by atoms with Crippen molar-refractivity contribution in [1.29, 1.82) is 0 Å². The van der Waals surface area contributed by atoms with Gasteiger partial charge in [0.05, 0.1) is 0 Å². The van der Waals surface area contributed by atoms with Crippen LogP contribution >= 0.6 is 11.6 Å². The molecule has 1 heterocycles. The van der Waals surface area contributed by atoms with Gasteiger partial charge in [0, 0.05) is 41.8 Å². The fourth-order valence-corrected chi connectivity index (χ4v) is 5.50. The minimum Gasteiger partial charge on any atom is -0.427 e. The van der Waals surface area contributed by atoms with Crippen molar-refractivity contribution in [2.75, 3.05) is 18.4 Å². The number of nitrogens with zero attached hydrogens (tertiary/aromatic N) is 2. The molecule has 10 heteroatoms. The van der Waals surface area contributed by atoms with Crippen LogP contribution in [0.4, 0.5) is 15.3 Å². The molecule has 1 saturated carbocycles. The summed E-state index contributed by atoms with van der Waals surface area (Å²) in [6, 6.07) is 12.1. The normalized spacial score (nSPS) is 20.8. The summed E-state index contributed by atoms with van der Waals surface area (Å²) >= 11 is 6.02. The highest BCUT2D eigenvalue weighted by molar-refractivity contribution is 6.30. The van der Waals surface area contributed by atoms with Crippen molar-refractivity contribution in [2.24, 2.45) is 5.92 Å². The lowest BCUT2D eigenvalue weighted by atomic mass is 9.94. The van der Waals surface area contributed by atoms with E-state index < -0.39 is 17.6 Å². The summed E-state index contributed by atoms with van der Waals surface area (Å²) < 4.78 is 5.71. The quantitative estimate of drug-likeness (QED) is 0.517. The van der Waals surface area contributed by atoms with Gasteiger partial charge in [-0.15, -0.1) is 0 Å². The molecule has 0 unspecified atom stereocenters. The third-order valence-electron chi connectivity index (χ3n) is 7.63. The molecule has 0 radical (unpaired) electrons. The number of fused-ring (bicyclic) bond motifs is 2. The van der Waals surface area contributed by atoms with E-state index in [1.165, 1.54) is 0 Å². The first-order chi connectivity index (χ1) is 18.2. The number of rotatable bonds is 8. The number of carbonyl (C=O) groups is 4. The largest absolute Gasteiger partial charge is 0.427 e. The molecular weight excluding hydrogens is 508 g/mol. The number of imide groups is 1. The van der Waals surface area contributed by atoms with Crippen LogP contribution in [0.2, 0.25) is 5.02 Å². The smallest absolute Gasteiger partial charge is 0.418 e. The monoisotopic (exact) mass is 538 g/mol. The highest BCUT2D eigenvalue weighted by Crippen LogP contribution is 2.46. The number of hydrogen-bond acceptors (Lipinski definition) is 5. The van der Waals surface area contributed by atoms with Gasteiger partial charge in [-0.3, -0.25) is 9.59 Å². The number of anilines is 1. The van der Waals surface area contributed by atoms with E-state index in [0.717, 1.165) is 28.9 Å². The van der Waals surface area contributed by atoms with E-state index in [1.807, 2.05) is 26.0 Å². The Morgan fingerprint density at radius 2 is 1.92 bits per heavy atom. The molecule has 2 aromatic rings. The molecule has 1 aliphatic heterocycles. The summed E-state index contributed by atoms with van der Waals surface area (Å²) in [5.41, 5.74) is 1.48. The topological polar surface area (TPSA) is 108 Å². The second-order valence-corrected chi connectivity index (χ2v) is 10.6. The van der Waals surface area contributed by atoms with E-state index in [1.54, 1.807) is 35.2 Å². The minimum atomic E-state index is -1.44. The number of amides is 5. The molecule has 1 saturated heterocycles. The van der Waals surface area contributed by atoms with Crippen molar-refractivity contribution in [1.82, 2.24) is 15.1 Å². The van der Waals surface area contributed by atoms with Gasteiger partial charge >= 0.3 is 12.1 Å². The molecule has 3 aliphatic rings. The van der Waals surface area contributed by atoms with Crippen LogP contribution in [0.5, 0.6) is 0 Å². The van der Waals surface area contributed by atoms with E-state index in [9.17, 15) is 19.2 Å². The zero-order valence-electron chi connectivity index (χ0n) is 21.5. The number of aryl methyl sites for hydroxylation is 1. The summed E-state index contributed by atoms with van der Waals surface area (Å²) in [7, 11) is 0. The summed E-state index contributed by atoms with van der Waals surface area (Å²) in [5, 5.41) is 6.04. The molecular formula is C28H31ClN4O5. The Kier molecular flexibility index (Phi) is 7.05. The first-order valence-corrected chi connectivity index (χ1v) is 13.4. The number of ether oxygens (including phenoxy) is 1. The number of halogens is 1. The molecule has 200 valence electrons. The van der Waals surface area contributed by atoms with E-state index in [2.05, 4.69) is 10.6 Å². The van der Waals surface area contributed by atoms with Gasteiger partial charge in [0.2, 0.25) is 11.5 Å². The van der Waals surface area contributed by atoms with Crippen molar-refractivity contribution in [3.8, 4) is 0 Å². The van der Waals surface area contributed by atoms with Crippen LogP contribution in [0.1, 0.15) is 49.8 Å². The average Bonchev–Trinajstić information content (AvgIpc) is 3.64. The number of nitrogens with one attached hydrogen (secondary N) is 2. The van der Waals surface area contributed by atoms with Gasteiger partial charge in [0.15, 0.2) is 0 Å². The fourth-order valence-electron chi connectivity index (χ4n) is 5.37. The summed E-state index contributed by atoms with van der Waals surface area (Å²) in [6.07, 6.45) is 2.07. The van der Waals surface area contributed by atoms with Gasteiger partial charge in [-0.2, -0.15) is 0 Å². The summed E-state index contributed by atoms with van der Waals surface area (Å²) in [5.74, 6) is -0.422. The van der Waals surface area contributed by atoms with E-state index >= 15 is 0 Å². The second kappa shape index (κ2) is 10.3. The Hall–Kier alpha value is -3.59. The third kappa shape index (κ3) is 4.95. The lowest BCUT2D eigenvalue weighted by molar-refractivity contribution is -0.143. The maximum absolute atomic E-state index is 13.6. The van der Waals surface area contributed by atoms with Gasteiger partial charge in [0.25, 0.3) is 5.91 Å². The molecule has 1 spiro atoms. The van der Waals surface area contributed by atoms with Crippen molar-refractivity contribution in [3.05, 3.63) is 64.2 Å². The Morgan fingerprint density at radius 3 is 2.61 bits per heavy atom. The SMILES string of the molecule is CCNC(=O)Nc1ccc2c(c1)CC[C@@]21OC(=O)N(CC(=O)N(Cc2ccc(Cl)cc2)[C@@H](C)C2CC2)C1=O. The van der Waals surface area contributed by atoms with Gasteiger partial charge in [-0.25, -0.2) is 14.5 Å². The molecule has 5 amide bonds. The fraction of sp³-hybridized carbons (Fsp3) is 0.429. The molecule has 2 aliphatic carbocycles. The van der Waals surface area contributed by atoms with Crippen molar-refractivity contribution in [3.63, 3.8) is 0 Å². The molecule has 5 rings (SSSR count). The Balaban J connectivity index is 1.33. The van der Waals surface area contributed by atoms with Crippen molar-refractivity contribution >= 4 is 41.2 Å². The molecule has 2 fully saturated rings. The van der Waals surface area contributed by atoms with Gasteiger partial charge in [-0.05, 0) is 74.4 Å². The van der Waals surface area contributed by atoms with Crippen LogP contribution in [0.3, 0.4) is 0 Å². The van der Waals surface area contributed by atoms with Gasteiger partial charge in [0.1, 0.15) is 6.54 Å². The standard InChI is InChI=1S/C28H31ClN4O5/c1-3-30-26(36)31-22-10-11-23-20(14-22)12-13-28(23)25(35)33(27(37)38-28)16-24(34)32(17(2)19-6-7-19)15-18-4-8-21(29)9-5-18/h4-5,8-11,14,17,19H,3,6-7,12-13,15-16H2,1-2H3,(H2,30,31,36)/t17-,28+/m0/s1. The lowest BCUT2D eigenvalue weighted by Gasteiger charge is -2.30. The molecule has 0 bridgehead atoms. The van der Waals surface area contributed by atoms with Crippen LogP contribution in [0, 0.1) is 5.92 Å². The first kappa shape index (κ1) is 26.0. The Bertz CT molecular complexity index is 1280. The van der Waals surface area contributed by atoms with Crippen molar-refractivity contribution in [2.45, 2.75) is 57.7 Å². The predicted molar refractivity (Wildman–Crippen MR) is 142 cm³/mol. The minimum absolute atomic E-state index is 0.0242. The number of hydrogen-bond donors (Lipinski definition) is 2. The highest BCUT2D eigenvalue weighted by atomic mass is 35.5. The zero-order chi connectivity index (χ0) is 27.0. The molecule has 2 N–H and O–H groups in total. The molecule has 38 heavy (non-hydrogen) atoms. The predicted octanol–water partition coefficient (Wildman–Crippen LogP) is 4.43. The maximum atomic E-state index is 13.6. The molecule has 9 nitrogen and oxygen atoms in total. The highest BCUT2D eigenvalue weighted by Gasteiger charge is 2.58. The van der Waals surface area contributed by atoms with Crippen molar-refractivity contribution < 1.29 is 23.9 Å². The van der Waals surface area contributed by atoms with Crippen LogP contribution < -0.4 is 10.6 Å². The average molecular weight is 539 g/mol. The summed E-state index contributed by atoms with van der Waals surface area (Å²) in [4.78, 5) is 54.7. The Morgan fingerprint density at radius 1 is 1.18 bits per heavy atom. The lowest BCUT2D eigenvalue weighted by Crippen LogP contribution is -2.47. The first-order valence-electron chi connectivity index (χ1n) is 13.0. The van der Waals surface area contributed by atoms with E-state index in [-0.39, 0.29) is 30.9 Å². The van der Waals surface area contributed by atoms with Gasteiger partial charge in [-0.1, -0.05) is 29.8 Å². The van der Waals surface area contributed by atoms with Crippen LogP contribution in [-0.4, -0.2) is 52.9 Å². The number of carbonyl (C=O) groups excluding carboxylic acids is 4. The maximum Gasteiger partial charge on any atom is 0.418 e. The van der Waals surface area contributed by atoms with Crippen LogP contribution in [-0.2, 0) is 32.9 Å². The molecule has 2 aromatic carbocycles. The molecule has 2 atom stereocenters. The van der Waals surface area contributed by atoms with E-state index in [4.69, 9.17) is 16.3 Å². The number of urea groups is 1. The second-order valence-electron chi connectivity index (χ2n) is 10.2. The third-order valence-corrected chi connectivity index (χ3v) is 7.88. The van der Waals surface area contributed by atoms with Crippen LogP contribution in [0.15, 0.2) is 42.5 Å². The Labute approximate surface area is 226 Å². The van der Waals surface area contributed by atoms with Crippen LogP contribution in [0.25, 0.3) is 0 Å². The van der Waals surface area contributed by atoms with E-state index in [0.29, 0.717) is 41.7 Å². The zero-order valence-corrected chi connectivity index (χ0v) is 22.2. The van der Waals surface area contributed by atoms with Gasteiger partial charge < -0.3 is 20.3 Å². The number of benzene rings is 2. The molecule has 0 aromatic heterocycles.